The molecule has 136 valence electrons. The molecule has 1 fully saturated rings. The van der Waals surface area contributed by atoms with Crippen molar-refractivity contribution in [3.63, 3.8) is 0 Å². The standard InChI is InChI=1S/C22H25N3.BrH/c1-2-10-16-25(15-9-1)17-20-23-21(18-11-5-3-6-12-18)22(24-20)19-13-7-4-8-14-19;/h3-8,11-14H,1-2,9-10,15-17H2,(H,23,24);1H. The molecule has 3 nitrogen and oxygen atoms in total. The molecule has 0 radical (unpaired) electrons. The smallest absolute Gasteiger partial charge is 0.121 e. The van der Waals surface area contributed by atoms with Gasteiger partial charge in [-0.05, 0) is 25.9 Å². The number of benzene rings is 2. The molecule has 0 unspecified atom stereocenters. The molecule has 2 heterocycles. The van der Waals surface area contributed by atoms with Gasteiger partial charge in [-0.25, -0.2) is 4.98 Å². The lowest BCUT2D eigenvalue weighted by Gasteiger charge is -2.17. The van der Waals surface area contributed by atoms with E-state index in [9.17, 15) is 0 Å². The number of likely N-dealkylation sites (tertiary alicyclic amines) is 1. The second kappa shape index (κ2) is 9.15. The summed E-state index contributed by atoms with van der Waals surface area (Å²) in [5, 5.41) is 0. The number of aromatic amines is 1. The Morgan fingerprint density at radius 3 is 1.96 bits per heavy atom. The third kappa shape index (κ3) is 4.43. The molecule has 1 N–H and O–H groups in total. The van der Waals surface area contributed by atoms with Gasteiger partial charge in [-0.3, -0.25) is 4.90 Å². The van der Waals surface area contributed by atoms with Crippen LogP contribution in [0.2, 0.25) is 0 Å². The molecule has 1 aliphatic rings. The first-order valence-electron chi connectivity index (χ1n) is 9.32. The Labute approximate surface area is 166 Å². The fourth-order valence-corrected chi connectivity index (χ4v) is 3.62. The maximum absolute atomic E-state index is 4.98. The van der Waals surface area contributed by atoms with Crippen LogP contribution in [0.1, 0.15) is 31.5 Å². The molecule has 1 aliphatic heterocycles. The normalized spacial score (nSPS) is 15.2. The molecular formula is C22H26BrN3. The fourth-order valence-electron chi connectivity index (χ4n) is 3.62. The minimum Gasteiger partial charge on any atom is -0.340 e. The quantitative estimate of drug-likeness (QED) is 0.596. The molecule has 0 saturated carbocycles. The molecule has 2 aromatic carbocycles. The van der Waals surface area contributed by atoms with Crippen LogP contribution in [0.5, 0.6) is 0 Å². The topological polar surface area (TPSA) is 31.9 Å². The van der Waals surface area contributed by atoms with Gasteiger partial charge in [0.15, 0.2) is 0 Å². The van der Waals surface area contributed by atoms with Crippen molar-refractivity contribution in [2.24, 2.45) is 0 Å². The van der Waals surface area contributed by atoms with Gasteiger partial charge >= 0.3 is 0 Å². The lowest BCUT2D eigenvalue weighted by atomic mass is 10.1. The van der Waals surface area contributed by atoms with Gasteiger partial charge in [-0.2, -0.15) is 0 Å². The predicted molar refractivity (Wildman–Crippen MR) is 114 cm³/mol. The monoisotopic (exact) mass is 411 g/mol. The molecule has 4 rings (SSSR count). The van der Waals surface area contributed by atoms with Crippen molar-refractivity contribution < 1.29 is 0 Å². The summed E-state index contributed by atoms with van der Waals surface area (Å²) in [6, 6.07) is 21.0. The maximum Gasteiger partial charge on any atom is 0.121 e. The molecule has 0 amide bonds. The van der Waals surface area contributed by atoms with Gasteiger partial charge in [0.1, 0.15) is 5.82 Å². The SMILES string of the molecule is Br.c1ccc(-c2nc(CN3CCCCCC3)[nH]c2-c2ccccc2)cc1. The predicted octanol–water partition coefficient (Wildman–Crippen LogP) is 5.70. The van der Waals surface area contributed by atoms with E-state index < -0.39 is 0 Å². The summed E-state index contributed by atoms with van der Waals surface area (Å²) in [4.78, 5) is 11.1. The second-order valence-corrected chi connectivity index (χ2v) is 6.83. The van der Waals surface area contributed by atoms with Gasteiger partial charge in [0.05, 0.1) is 17.9 Å². The molecule has 1 aromatic heterocycles. The number of halogens is 1. The lowest BCUT2D eigenvalue weighted by molar-refractivity contribution is 0.271. The average Bonchev–Trinajstić information content (AvgIpc) is 2.92. The molecule has 1 saturated heterocycles. The zero-order chi connectivity index (χ0) is 16.9. The number of hydrogen-bond donors (Lipinski definition) is 1. The van der Waals surface area contributed by atoms with Crippen molar-refractivity contribution in [2.75, 3.05) is 13.1 Å². The van der Waals surface area contributed by atoms with E-state index in [1.165, 1.54) is 49.9 Å². The van der Waals surface area contributed by atoms with Crippen LogP contribution in [0.25, 0.3) is 22.5 Å². The van der Waals surface area contributed by atoms with E-state index in [0.717, 1.165) is 23.8 Å². The van der Waals surface area contributed by atoms with E-state index in [1.54, 1.807) is 0 Å². The van der Waals surface area contributed by atoms with E-state index >= 15 is 0 Å². The highest BCUT2D eigenvalue weighted by atomic mass is 79.9. The zero-order valence-electron chi connectivity index (χ0n) is 15.0. The number of nitrogens with one attached hydrogen (secondary N) is 1. The number of imidazole rings is 1. The highest BCUT2D eigenvalue weighted by molar-refractivity contribution is 8.93. The number of rotatable bonds is 4. The lowest BCUT2D eigenvalue weighted by Crippen LogP contribution is -2.24. The number of hydrogen-bond acceptors (Lipinski definition) is 2. The zero-order valence-corrected chi connectivity index (χ0v) is 16.7. The molecule has 3 aromatic rings. The van der Waals surface area contributed by atoms with Crippen LogP contribution in [0.3, 0.4) is 0 Å². The molecule has 26 heavy (non-hydrogen) atoms. The van der Waals surface area contributed by atoms with Crippen molar-refractivity contribution in [2.45, 2.75) is 32.2 Å². The molecule has 0 aliphatic carbocycles. The van der Waals surface area contributed by atoms with Gasteiger partial charge in [0.25, 0.3) is 0 Å². The summed E-state index contributed by atoms with van der Waals surface area (Å²) >= 11 is 0. The van der Waals surface area contributed by atoms with Crippen LogP contribution in [-0.4, -0.2) is 28.0 Å². The van der Waals surface area contributed by atoms with Crippen LogP contribution in [0, 0.1) is 0 Å². The highest BCUT2D eigenvalue weighted by Crippen LogP contribution is 2.30. The minimum absolute atomic E-state index is 0. The summed E-state index contributed by atoms with van der Waals surface area (Å²) in [5.41, 5.74) is 4.53. The van der Waals surface area contributed by atoms with Gasteiger partial charge in [0, 0.05) is 11.1 Å². The number of H-pyrrole nitrogens is 1. The fraction of sp³-hybridized carbons (Fsp3) is 0.318. The second-order valence-electron chi connectivity index (χ2n) is 6.83. The van der Waals surface area contributed by atoms with Crippen molar-refractivity contribution in [1.29, 1.82) is 0 Å². The van der Waals surface area contributed by atoms with Crippen LogP contribution >= 0.6 is 17.0 Å². The number of nitrogens with zero attached hydrogens (tertiary/aromatic N) is 2. The molecule has 0 spiro atoms. The Kier molecular flexibility index (Phi) is 6.64. The van der Waals surface area contributed by atoms with Crippen molar-refractivity contribution in [1.82, 2.24) is 14.9 Å². The minimum atomic E-state index is 0. The van der Waals surface area contributed by atoms with Gasteiger partial charge in [-0.15, -0.1) is 17.0 Å². The Balaban J connectivity index is 0.00000196. The largest absolute Gasteiger partial charge is 0.340 e. The highest BCUT2D eigenvalue weighted by Gasteiger charge is 2.16. The van der Waals surface area contributed by atoms with E-state index in [-0.39, 0.29) is 17.0 Å². The molecule has 4 heteroatoms. The van der Waals surface area contributed by atoms with Gasteiger partial charge < -0.3 is 4.98 Å². The summed E-state index contributed by atoms with van der Waals surface area (Å²) < 4.78 is 0. The van der Waals surface area contributed by atoms with Crippen LogP contribution < -0.4 is 0 Å². The first-order valence-corrected chi connectivity index (χ1v) is 9.32. The number of aromatic nitrogens is 2. The average molecular weight is 412 g/mol. The Hall–Kier alpha value is -1.91. The Morgan fingerprint density at radius 1 is 0.769 bits per heavy atom. The third-order valence-electron chi connectivity index (χ3n) is 4.93. The van der Waals surface area contributed by atoms with Crippen molar-refractivity contribution in [3.8, 4) is 22.5 Å². The molecule has 0 atom stereocenters. The van der Waals surface area contributed by atoms with E-state index in [1.807, 2.05) is 0 Å². The summed E-state index contributed by atoms with van der Waals surface area (Å²) in [6.45, 7) is 3.27. The molecule has 0 bridgehead atoms. The third-order valence-corrected chi connectivity index (χ3v) is 4.93. The van der Waals surface area contributed by atoms with Crippen molar-refractivity contribution in [3.05, 3.63) is 66.5 Å². The van der Waals surface area contributed by atoms with Crippen LogP contribution in [0.15, 0.2) is 60.7 Å². The van der Waals surface area contributed by atoms with Crippen molar-refractivity contribution >= 4 is 17.0 Å². The summed E-state index contributed by atoms with van der Waals surface area (Å²) in [6.07, 6.45) is 5.33. The van der Waals surface area contributed by atoms with E-state index in [2.05, 4.69) is 70.5 Å². The van der Waals surface area contributed by atoms with Crippen LogP contribution in [0.4, 0.5) is 0 Å². The Bertz CT molecular complexity index is 734. The van der Waals surface area contributed by atoms with E-state index in [0.29, 0.717) is 0 Å². The first kappa shape index (κ1) is 18.9. The summed E-state index contributed by atoms with van der Waals surface area (Å²) in [5.74, 6) is 1.07. The maximum atomic E-state index is 4.98. The molecular weight excluding hydrogens is 386 g/mol. The first-order chi connectivity index (χ1) is 12.4. The summed E-state index contributed by atoms with van der Waals surface area (Å²) in [7, 11) is 0. The Morgan fingerprint density at radius 2 is 1.35 bits per heavy atom. The van der Waals surface area contributed by atoms with E-state index in [4.69, 9.17) is 4.98 Å². The van der Waals surface area contributed by atoms with Gasteiger partial charge in [0.2, 0.25) is 0 Å². The van der Waals surface area contributed by atoms with Gasteiger partial charge in [-0.1, -0.05) is 73.5 Å². The van der Waals surface area contributed by atoms with Crippen LogP contribution in [-0.2, 0) is 6.54 Å².